The maximum absolute atomic E-state index is 12.2. The standard InChI is InChI=1S/C10H9IN2O4S/c1-2-17-10(14)13-6-12-8-4-3-7(11)5-9(8)18(13,15)16/h3-6H,2H2,1H3. The van der Waals surface area contributed by atoms with Crippen molar-refractivity contribution >= 4 is 50.7 Å². The topological polar surface area (TPSA) is 76.0 Å². The number of amides is 1. The average molecular weight is 380 g/mol. The molecule has 8 heteroatoms. The highest BCUT2D eigenvalue weighted by molar-refractivity contribution is 14.1. The van der Waals surface area contributed by atoms with Crippen LogP contribution in [0.25, 0.3) is 0 Å². The van der Waals surface area contributed by atoms with Crippen LogP contribution in [0.4, 0.5) is 10.5 Å². The Kier molecular flexibility index (Phi) is 3.57. The molecule has 1 aliphatic heterocycles. The van der Waals surface area contributed by atoms with Crippen LogP contribution in [0.5, 0.6) is 0 Å². The molecule has 6 nitrogen and oxygen atoms in total. The van der Waals surface area contributed by atoms with Crippen LogP contribution in [-0.4, -0.2) is 31.8 Å². The Hall–Kier alpha value is -1.16. The predicted molar refractivity (Wildman–Crippen MR) is 73.4 cm³/mol. The van der Waals surface area contributed by atoms with Gasteiger partial charge in [0.25, 0.3) is 10.0 Å². The third-order valence-corrected chi connectivity index (χ3v) is 4.52. The van der Waals surface area contributed by atoms with Crippen LogP contribution in [0, 0.1) is 3.57 Å². The van der Waals surface area contributed by atoms with Gasteiger partial charge in [-0.2, -0.15) is 4.31 Å². The van der Waals surface area contributed by atoms with Crippen LogP contribution in [0.3, 0.4) is 0 Å². The molecule has 2 rings (SSSR count). The lowest BCUT2D eigenvalue weighted by Crippen LogP contribution is -2.37. The number of fused-ring (bicyclic) bond motifs is 1. The molecule has 0 radical (unpaired) electrons. The second-order valence-electron chi connectivity index (χ2n) is 3.36. The first-order chi connectivity index (χ1) is 8.46. The van der Waals surface area contributed by atoms with Crippen molar-refractivity contribution in [2.75, 3.05) is 6.61 Å². The Balaban J connectivity index is 2.52. The highest BCUT2D eigenvalue weighted by Crippen LogP contribution is 2.31. The molecule has 0 bridgehead atoms. The Bertz CT molecular complexity index is 627. The molecule has 0 aliphatic carbocycles. The van der Waals surface area contributed by atoms with E-state index < -0.39 is 16.1 Å². The molecule has 0 saturated heterocycles. The van der Waals surface area contributed by atoms with E-state index in [0.29, 0.717) is 9.99 Å². The molecule has 1 aromatic carbocycles. The minimum absolute atomic E-state index is 0.00459. The van der Waals surface area contributed by atoms with Gasteiger partial charge in [-0.3, -0.25) is 0 Å². The molecule has 0 N–H and O–H groups in total. The van der Waals surface area contributed by atoms with E-state index in [1.807, 2.05) is 22.6 Å². The molecule has 1 amide bonds. The first-order valence-electron chi connectivity index (χ1n) is 5.01. The summed E-state index contributed by atoms with van der Waals surface area (Å²) in [7, 11) is -3.92. The van der Waals surface area contributed by atoms with Crippen molar-refractivity contribution in [3.8, 4) is 0 Å². The number of rotatable bonds is 1. The molecular formula is C10H9IN2O4S. The summed E-state index contributed by atoms with van der Waals surface area (Å²) in [4.78, 5) is 15.5. The number of carbonyl (C=O) groups is 1. The van der Waals surface area contributed by atoms with Gasteiger partial charge < -0.3 is 4.74 Å². The molecule has 1 aliphatic rings. The Morgan fingerprint density at radius 3 is 2.89 bits per heavy atom. The molecule has 1 heterocycles. The normalized spacial score (nSPS) is 16.2. The zero-order valence-corrected chi connectivity index (χ0v) is 12.3. The van der Waals surface area contributed by atoms with E-state index in [2.05, 4.69) is 9.73 Å². The van der Waals surface area contributed by atoms with E-state index >= 15 is 0 Å². The maximum atomic E-state index is 12.2. The summed E-state index contributed by atoms with van der Waals surface area (Å²) in [6.07, 6.45) is 0.00784. The molecular weight excluding hydrogens is 371 g/mol. The van der Waals surface area contributed by atoms with Gasteiger partial charge in [-0.15, -0.1) is 0 Å². The second-order valence-corrected chi connectivity index (χ2v) is 6.39. The molecule has 18 heavy (non-hydrogen) atoms. The number of ether oxygens (including phenoxy) is 1. The quantitative estimate of drug-likeness (QED) is 0.700. The fourth-order valence-corrected chi connectivity index (χ4v) is 3.41. The summed E-state index contributed by atoms with van der Waals surface area (Å²) in [6, 6.07) is 4.80. The van der Waals surface area contributed by atoms with Crippen LogP contribution in [-0.2, 0) is 14.8 Å². The van der Waals surface area contributed by atoms with Gasteiger partial charge in [0.15, 0.2) is 0 Å². The van der Waals surface area contributed by atoms with Crippen molar-refractivity contribution in [3.05, 3.63) is 21.8 Å². The highest BCUT2D eigenvalue weighted by atomic mass is 127. The van der Waals surface area contributed by atoms with Gasteiger partial charge in [-0.1, -0.05) is 0 Å². The number of benzene rings is 1. The van der Waals surface area contributed by atoms with Gasteiger partial charge in [0, 0.05) is 3.57 Å². The predicted octanol–water partition coefficient (Wildman–Crippen LogP) is 2.11. The van der Waals surface area contributed by atoms with Crippen LogP contribution < -0.4 is 0 Å². The van der Waals surface area contributed by atoms with Crippen molar-refractivity contribution in [3.63, 3.8) is 0 Å². The van der Waals surface area contributed by atoms with E-state index in [0.717, 1.165) is 9.91 Å². The highest BCUT2D eigenvalue weighted by Gasteiger charge is 2.34. The molecule has 0 atom stereocenters. The molecule has 0 unspecified atom stereocenters. The van der Waals surface area contributed by atoms with Crippen LogP contribution in [0.2, 0.25) is 0 Å². The number of hydrogen-bond donors (Lipinski definition) is 0. The van der Waals surface area contributed by atoms with Gasteiger partial charge in [-0.25, -0.2) is 18.2 Å². The lowest BCUT2D eigenvalue weighted by molar-refractivity contribution is 0.144. The van der Waals surface area contributed by atoms with Crippen molar-refractivity contribution in [1.29, 1.82) is 0 Å². The number of nitrogens with zero attached hydrogens (tertiary/aromatic N) is 2. The molecule has 0 spiro atoms. The first-order valence-corrected chi connectivity index (χ1v) is 7.53. The minimum Gasteiger partial charge on any atom is -0.449 e. The number of hydrogen-bond acceptors (Lipinski definition) is 5. The summed E-state index contributed by atoms with van der Waals surface area (Å²) in [5, 5.41) is 0. The fourth-order valence-electron chi connectivity index (χ4n) is 1.42. The summed E-state index contributed by atoms with van der Waals surface area (Å²) in [5.41, 5.74) is 0.316. The minimum atomic E-state index is -3.92. The monoisotopic (exact) mass is 380 g/mol. The zero-order chi connectivity index (χ0) is 13.3. The lowest BCUT2D eigenvalue weighted by Gasteiger charge is -2.21. The number of halogens is 1. The van der Waals surface area contributed by atoms with Crippen molar-refractivity contribution in [1.82, 2.24) is 4.31 Å². The van der Waals surface area contributed by atoms with Gasteiger partial charge in [-0.05, 0) is 47.7 Å². The summed E-state index contributed by atoms with van der Waals surface area (Å²) in [6.45, 7) is 1.69. The van der Waals surface area contributed by atoms with Crippen LogP contribution in [0.1, 0.15) is 6.92 Å². The zero-order valence-electron chi connectivity index (χ0n) is 9.33. The molecule has 96 valence electrons. The Morgan fingerprint density at radius 1 is 1.50 bits per heavy atom. The number of carbonyl (C=O) groups excluding carboxylic acids is 1. The Labute approximate surface area is 118 Å². The lowest BCUT2D eigenvalue weighted by atomic mass is 10.3. The Morgan fingerprint density at radius 2 is 2.22 bits per heavy atom. The molecule has 0 fully saturated rings. The number of aliphatic imine (C=N–C) groups is 1. The van der Waals surface area contributed by atoms with E-state index in [9.17, 15) is 13.2 Å². The average Bonchev–Trinajstić information content (AvgIpc) is 2.30. The third kappa shape index (κ3) is 2.21. The van der Waals surface area contributed by atoms with Crippen molar-refractivity contribution in [2.24, 2.45) is 4.99 Å². The second kappa shape index (κ2) is 4.84. The van der Waals surface area contributed by atoms with Gasteiger partial charge in [0.2, 0.25) is 0 Å². The number of sulfonamides is 1. The largest absolute Gasteiger partial charge is 0.449 e. The molecule has 0 aromatic heterocycles. The van der Waals surface area contributed by atoms with E-state index in [1.165, 1.54) is 6.07 Å². The first kappa shape index (κ1) is 13.3. The van der Waals surface area contributed by atoms with Gasteiger partial charge in [0.05, 0.1) is 12.3 Å². The van der Waals surface area contributed by atoms with Crippen molar-refractivity contribution < 1.29 is 17.9 Å². The van der Waals surface area contributed by atoms with Gasteiger partial charge >= 0.3 is 6.09 Å². The summed E-state index contributed by atoms with van der Waals surface area (Å²) < 4.78 is 30.3. The van der Waals surface area contributed by atoms with E-state index in [1.54, 1.807) is 19.1 Å². The summed E-state index contributed by atoms with van der Waals surface area (Å²) >= 11 is 1.99. The van der Waals surface area contributed by atoms with E-state index in [4.69, 9.17) is 0 Å². The SMILES string of the molecule is CCOC(=O)N1C=Nc2ccc(I)cc2S1(=O)=O. The van der Waals surface area contributed by atoms with Crippen molar-refractivity contribution in [2.45, 2.75) is 11.8 Å². The van der Waals surface area contributed by atoms with E-state index in [-0.39, 0.29) is 11.5 Å². The molecule has 1 aromatic rings. The van der Waals surface area contributed by atoms with Crippen LogP contribution >= 0.6 is 22.6 Å². The van der Waals surface area contributed by atoms with Gasteiger partial charge in [0.1, 0.15) is 11.2 Å². The fraction of sp³-hybridized carbons (Fsp3) is 0.200. The third-order valence-electron chi connectivity index (χ3n) is 2.21. The maximum Gasteiger partial charge on any atom is 0.429 e. The van der Waals surface area contributed by atoms with Crippen LogP contribution in [0.15, 0.2) is 28.1 Å². The molecule has 0 saturated carbocycles. The smallest absolute Gasteiger partial charge is 0.429 e. The summed E-state index contributed by atoms with van der Waals surface area (Å²) in [5.74, 6) is 0.